The van der Waals surface area contributed by atoms with Crippen LogP contribution >= 0.6 is 23.1 Å². The Morgan fingerprint density at radius 3 is 2.43 bits per heavy atom. The van der Waals surface area contributed by atoms with E-state index in [9.17, 15) is 14.2 Å². The largest absolute Gasteiger partial charge is 0.496 e. The van der Waals surface area contributed by atoms with Gasteiger partial charge in [-0.25, -0.2) is 4.98 Å². The average Bonchev–Trinajstić information content (AvgIpc) is 3.25. The number of methoxy groups -OCH3 is 2. The van der Waals surface area contributed by atoms with Crippen LogP contribution in [-0.4, -0.2) is 98.1 Å². The Hall–Kier alpha value is -5.15. The van der Waals surface area contributed by atoms with Crippen LogP contribution in [0.4, 0.5) is 28.8 Å². The lowest BCUT2D eigenvalue weighted by atomic mass is 9.89. The molecule has 2 fully saturated rings. The number of carbonyl (C=O) groups excluding carboxylic acids is 2. The lowest BCUT2D eigenvalue weighted by molar-refractivity contribution is -0.134. The summed E-state index contributed by atoms with van der Waals surface area (Å²) in [5.41, 5.74) is 6.99. The Morgan fingerprint density at radius 1 is 0.902 bits per heavy atom. The number of carbonyl (C=O) groups is 2. The number of anilines is 5. The highest BCUT2D eigenvalue weighted by Gasteiger charge is 2.30. The van der Waals surface area contributed by atoms with Gasteiger partial charge in [-0.3, -0.25) is 24.9 Å². The van der Waals surface area contributed by atoms with E-state index in [1.165, 1.54) is 11.3 Å². The quantitative estimate of drug-likeness (QED) is 0.0392. The molecule has 2 amide bonds. The monoisotopic (exact) mass is 912 g/mol. The number of amides is 2. The van der Waals surface area contributed by atoms with Crippen LogP contribution in [0, 0.1) is 0 Å². The van der Waals surface area contributed by atoms with E-state index in [2.05, 4.69) is 81.4 Å². The number of piperidine rings is 2. The van der Waals surface area contributed by atoms with Crippen LogP contribution in [0.3, 0.4) is 0 Å². The van der Waals surface area contributed by atoms with Crippen molar-refractivity contribution in [3.05, 3.63) is 82.2 Å². The molecule has 7 rings (SSSR count). The van der Waals surface area contributed by atoms with Gasteiger partial charge >= 0.3 is 0 Å². The highest BCUT2D eigenvalue weighted by molar-refractivity contribution is 9.10. The van der Waals surface area contributed by atoms with Crippen molar-refractivity contribution in [2.75, 3.05) is 75.8 Å². The van der Waals surface area contributed by atoms with Gasteiger partial charge in [0.1, 0.15) is 30.0 Å². The summed E-state index contributed by atoms with van der Waals surface area (Å²) in [5, 5.41) is 17.1. The van der Waals surface area contributed by atoms with Gasteiger partial charge in [0.15, 0.2) is 0 Å². The minimum Gasteiger partial charge on any atom is -0.496 e. The summed E-state index contributed by atoms with van der Waals surface area (Å²) in [6.45, 7) is 10.0. The summed E-state index contributed by atoms with van der Waals surface area (Å²) < 4.78 is 25.7. The number of hydrogen-bond acceptors (Lipinski definition) is 14. The molecule has 61 heavy (non-hydrogen) atoms. The number of nitrogens with zero attached hydrogens (tertiary/aromatic N) is 5. The van der Waals surface area contributed by atoms with Crippen molar-refractivity contribution in [1.82, 2.24) is 35.9 Å². The molecule has 0 spiro atoms. The highest BCUT2D eigenvalue weighted by atomic mass is 79.9. The van der Waals surface area contributed by atoms with Gasteiger partial charge in [-0.15, -0.1) is 0 Å². The van der Waals surface area contributed by atoms with Crippen molar-refractivity contribution >= 4 is 80.1 Å². The molecule has 17 heteroatoms. The summed E-state index contributed by atoms with van der Waals surface area (Å²) in [7, 11) is 0.519. The van der Waals surface area contributed by atoms with E-state index < -0.39 is 7.14 Å². The van der Waals surface area contributed by atoms with Gasteiger partial charge in [0.05, 0.1) is 46.8 Å². The molecule has 0 radical (unpaired) electrons. The first kappa shape index (κ1) is 43.9. The standard InChI is InChI=1S/C44H54BrN10O5P/c1-6-28-24-35(52-44-50-26-32(45)42(54-44)51-34-11-10-33-40(49-20-19-48-33)41(34)61(4,5)58)38(60-3)25-36(28)55-21-14-29(15-22-55)47-18-17-46-16-13-27-7-8-30(37(23-27)59-2)31-9-12-39(56)53-43(31)57/h7-8,10-11,19-20,23-26,29,31,46-47H,6,9,12-18,21-22H2,1-5H3,(H,53,56,57)(H2,50,51,52,54). The Bertz CT molecular complexity index is 2440. The Balaban J connectivity index is 0.914. The lowest BCUT2D eigenvalue weighted by Crippen LogP contribution is -2.44. The van der Waals surface area contributed by atoms with Crippen LogP contribution in [0.15, 0.2) is 65.5 Å². The smallest absolute Gasteiger partial charge is 0.234 e. The number of ether oxygens (including phenoxy) is 2. The van der Waals surface area contributed by atoms with Crippen molar-refractivity contribution in [1.29, 1.82) is 0 Å². The molecule has 15 nitrogen and oxygen atoms in total. The van der Waals surface area contributed by atoms with Crippen molar-refractivity contribution in [3.63, 3.8) is 0 Å². The van der Waals surface area contributed by atoms with E-state index in [4.69, 9.17) is 14.5 Å². The summed E-state index contributed by atoms with van der Waals surface area (Å²) in [6.07, 6.45) is 9.48. The number of aryl methyl sites for hydroxylation is 1. The summed E-state index contributed by atoms with van der Waals surface area (Å²) in [6, 6.07) is 14.4. The molecule has 0 saturated carbocycles. The maximum Gasteiger partial charge on any atom is 0.234 e. The number of rotatable bonds is 17. The summed E-state index contributed by atoms with van der Waals surface area (Å²) in [4.78, 5) is 44.7. The molecule has 322 valence electrons. The number of aromatic nitrogens is 4. The number of halogens is 1. The van der Waals surface area contributed by atoms with E-state index in [-0.39, 0.29) is 17.7 Å². The van der Waals surface area contributed by atoms with Crippen molar-refractivity contribution in [2.45, 2.75) is 57.4 Å². The number of imide groups is 1. The van der Waals surface area contributed by atoms with Gasteiger partial charge in [-0.1, -0.05) is 19.1 Å². The Morgan fingerprint density at radius 2 is 1.69 bits per heavy atom. The SMILES string of the molecule is CCc1cc(Nc2ncc(Br)c(Nc3ccc4nccnc4c3P(C)(C)=O)n2)c(OC)cc1N1CCC(NCCNCCc2ccc(C3CCC(=O)NC3=O)c(OC)c2)CC1. The van der Waals surface area contributed by atoms with Gasteiger partial charge in [0.2, 0.25) is 17.8 Å². The number of nitrogens with one attached hydrogen (secondary N) is 5. The number of fused-ring (bicyclic) bond motifs is 1. The normalized spacial score (nSPS) is 16.1. The molecule has 3 aromatic carbocycles. The molecule has 1 unspecified atom stereocenters. The fourth-order valence-corrected chi connectivity index (χ4v) is 9.81. The molecule has 2 saturated heterocycles. The van der Waals surface area contributed by atoms with E-state index >= 15 is 0 Å². The Labute approximate surface area is 365 Å². The topological polar surface area (TPSA) is 185 Å². The molecule has 5 N–H and O–H groups in total. The highest BCUT2D eigenvalue weighted by Crippen LogP contribution is 2.42. The molecule has 2 aliphatic rings. The zero-order chi connectivity index (χ0) is 43.1. The Kier molecular flexibility index (Phi) is 14.2. The first-order valence-corrected chi connectivity index (χ1v) is 24.1. The maximum atomic E-state index is 13.5. The minimum absolute atomic E-state index is 0.220. The van der Waals surface area contributed by atoms with Crippen LogP contribution in [0.1, 0.15) is 55.2 Å². The van der Waals surface area contributed by atoms with Crippen LogP contribution in [0.2, 0.25) is 0 Å². The second-order valence-electron chi connectivity index (χ2n) is 15.7. The molecule has 4 heterocycles. The second kappa shape index (κ2) is 19.7. The van der Waals surface area contributed by atoms with Crippen LogP contribution in [-0.2, 0) is 27.0 Å². The third-order valence-electron chi connectivity index (χ3n) is 11.3. The molecule has 1 atom stereocenters. The van der Waals surface area contributed by atoms with E-state index in [1.54, 1.807) is 46.1 Å². The predicted molar refractivity (Wildman–Crippen MR) is 245 cm³/mol. The third kappa shape index (κ3) is 10.5. The number of hydrogen-bond donors (Lipinski definition) is 5. The fraction of sp³-hybridized carbons (Fsp3) is 0.409. The first-order chi connectivity index (χ1) is 29.4. The van der Waals surface area contributed by atoms with Crippen molar-refractivity contribution in [2.24, 2.45) is 0 Å². The average molecular weight is 914 g/mol. The predicted octanol–water partition coefficient (Wildman–Crippen LogP) is 6.41. The zero-order valence-electron chi connectivity index (χ0n) is 35.3. The van der Waals surface area contributed by atoms with Gasteiger partial charge in [-0.05, 0) is 103 Å². The lowest BCUT2D eigenvalue weighted by Gasteiger charge is -2.35. The van der Waals surface area contributed by atoms with E-state index in [1.807, 2.05) is 30.3 Å². The molecular weight excluding hydrogens is 859 g/mol. The van der Waals surface area contributed by atoms with Gasteiger partial charge in [-0.2, -0.15) is 4.98 Å². The first-order valence-electron chi connectivity index (χ1n) is 20.7. The van der Waals surface area contributed by atoms with Crippen LogP contribution in [0.25, 0.3) is 11.0 Å². The summed E-state index contributed by atoms with van der Waals surface area (Å²) >= 11 is 3.59. The third-order valence-corrected chi connectivity index (χ3v) is 13.4. The molecular formula is C44H54BrN10O5P. The van der Waals surface area contributed by atoms with Gasteiger partial charge < -0.3 is 40.2 Å². The molecule has 2 aliphatic heterocycles. The van der Waals surface area contributed by atoms with Crippen molar-refractivity contribution < 1.29 is 23.6 Å². The summed E-state index contributed by atoms with van der Waals surface area (Å²) in [5.74, 6) is 1.41. The second-order valence-corrected chi connectivity index (χ2v) is 19.7. The van der Waals surface area contributed by atoms with Crippen LogP contribution < -0.4 is 46.3 Å². The van der Waals surface area contributed by atoms with E-state index in [0.29, 0.717) is 68.6 Å². The minimum atomic E-state index is -2.77. The zero-order valence-corrected chi connectivity index (χ0v) is 37.8. The molecule has 0 aliphatic carbocycles. The maximum absolute atomic E-state index is 13.5. The van der Waals surface area contributed by atoms with Crippen LogP contribution in [0.5, 0.6) is 11.5 Å². The number of benzene rings is 3. The van der Waals surface area contributed by atoms with Gasteiger partial charge in [0, 0.05) is 74.5 Å². The van der Waals surface area contributed by atoms with Crippen molar-refractivity contribution in [3.8, 4) is 11.5 Å². The molecule has 2 aromatic heterocycles. The molecule has 5 aromatic rings. The molecule has 0 bridgehead atoms. The van der Waals surface area contributed by atoms with E-state index in [0.717, 1.165) is 75.2 Å². The fourth-order valence-electron chi connectivity index (χ4n) is 8.13. The van der Waals surface area contributed by atoms with Gasteiger partial charge in [0.25, 0.3) is 0 Å².